The first-order valence-corrected chi connectivity index (χ1v) is 4.67. The fourth-order valence-corrected chi connectivity index (χ4v) is 1.21. The minimum Gasteiger partial charge on any atom is -0.361 e. The van der Waals surface area contributed by atoms with Crippen LogP contribution in [0.4, 0.5) is 4.39 Å². The summed E-state index contributed by atoms with van der Waals surface area (Å²) in [4.78, 5) is 5.44. The first kappa shape index (κ1) is 10.4. The SMILES string of the molecule is CN(C)C(=N)c1cc(I)c(F)cn1. The van der Waals surface area contributed by atoms with E-state index in [4.69, 9.17) is 5.41 Å². The van der Waals surface area contributed by atoms with E-state index in [2.05, 4.69) is 4.98 Å². The van der Waals surface area contributed by atoms with E-state index in [0.717, 1.165) is 6.20 Å². The van der Waals surface area contributed by atoms with Gasteiger partial charge in [0.2, 0.25) is 0 Å². The monoisotopic (exact) mass is 293 g/mol. The van der Waals surface area contributed by atoms with E-state index in [0.29, 0.717) is 9.26 Å². The summed E-state index contributed by atoms with van der Waals surface area (Å²) in [5.41, 5.74) is 0.482. The van der Waals surface area contributed by atoms with Crippen molar-refractivity contribution in [3.63, 3.8) is 0 Å². The van der Waals surface area contributed by atoms with E-state index < -0.39 is 0 Å². The van der Waals surface area contributed by atoms with Crippen molar-refractivity contribution in [2.24, 2.45) is 0 Å². The number of hydrogen-bond donors (Lipinski definition) is 1. The molecule has 70 valence electrons. The molecular weight excluding hydrogens is 284 g/mol. The minimum atomic E-state index is -0.351. The van der Waals surface area contributed by atoms with Crippen LogP contribution >= 0.6 is 22.6 Å². The van der Waals surface area contributed by atoms with Gasteiger partial charge in [0.1, 0.15) is 11.5 Å². The predicted octanol–water partition coefficient (Wildman–Crippen LogP) is 1.71. The maximum atomic E-state index is 12.8. The Labute approximate surface area is 89.6 Å². The molecule has 0 spiro atoms. The summed E-state index contributed by atoms with van der Waals surface area (Å²) in [7, 11) is 3.50. The summed E-state index contributed by atoms with van der Waals surface area (Å²) in [6.07, 6.45) is 1.13. The maximum absolute atomic E-state index is 12.8. The molecule has 0 saturated carbocycles. The highest BCUT2D eigenvalue weighted by Gasteiger charge is 2.07. The van der Waals surface area contributed by atoms with Gasteiger partial charge in [-0.2, -0.15) is 0 Å². The molecule has 1 aromatic rings. The minimum absolute atomic E-state index is 0.276. The van der Waals surface area contributed by atoms with E-state index in [-0.39, 0.29) is 11.7 Å². The van der Waals surface area contributed by atoms with Gasteiger partial charge in [-0.15, -0.1) is 0 Å². The summed E-state index contributed by atoms with van der Waals surface area (Å²) in [5.74, 6) is -0.0752. The normalized spacial score (nSPS) is 9.85. The summed E-state index contributed by atoms with van der Waals surface area (Å²) in [6.45, 7) is 0. The third-order valence-corrected chi connectivity index (χ3v) is 2.33. The molecule has 0 amide bonds. The Morgan fingerprint density at radius 1 is 1.62 bits per heavy atom. The molecule has 0 aliphatic heterocycles. The topological polar surface area (TPSA) is 40.0 Å². The zero-order chi connectivity index (χ0) is 10.0. The lowest BCUT2D eigenvalue weighted by molar-refractivity contribution is 0.604. The van der Waals surface area contributed by atoms with Crippen LogP contribution in [0.25, 0.3) is 0 Å². The van der Waals surface area contributed by atoms with Crippen LogP contribution in [0.15, 0.2) is 12.3 Å². The van der Waals surface area contributed by atoms with Gasteiger partial charge in [-0.25, -0.2) is 9.37 Å². The van der Waals surface area contributed by atoms with E-state index in [1.807, 2.05) is 22.6 Å². The molecule has 13 heavy (non-hydrogen) atoms. The van der Waals surface area contributed by atoms with Gasteiger partial charge >= 0.3 is 0 Å². The van der Waals surface area contributed by atoms with Crippen LogP contribution in [0.3, 0.4) is 0 Å². The summed E-state index contributed by atoms with van der Waals surface area (Å²) in [5, 5.41) is 7.59. The van der Waals surface area contributed by atoms with Gasteiger partial charge in [0.05, 0.1) is 9.77 Å². The molecule has 1 N–H and O–H groups in total. The highest BCUT2D eigenvalue weighted by Crippen LogP contribution is 2.11. The second-order valence-electron chi connectivity index (χ2n) is 2.73. The second-order valence-corrected chi connectivity index (χ2v) is 3.89. The largest absolute Gasteiger partial charge is 0.361 e. The van der Waals surface area contributed by atoms with Crippen molar-refractivity contribution in [2.45, 2.75) is 0 Å². The lowest BCUT2D eigenvalue weighted by Gasteiger charge is -2.12. The van der Waals surface area contributed by atoms with Gasteiger partial charge in [0.25, 0.3) is 0 Å². The summed E-state index contributed by atoms with van der Waals surface area (Å²) >= 11 is 1.88. The Bertz CT molecular complexity index is 338. The van der Waals surface area contributed by atoms with Gasteiger partial charge in [-0.05, 0) is 28.7 Å². The Balaban J connectivity index is 3.04. The van der Waals surface area contributed by atoms with Gasteiger partial charge in [-0.1, -0.05) is 0 Å². The van der Waals surface area contributed by atoms with Crippen molar-refractivity contribution in [3.8, 4) is 0 Å². The van der Waals surface area contributed by atoms with Crippen LogP contribution in [0.5, 0.6) is 0 Å². The van der Waals surface area contributed by atoms with Crippen molar-refractivity contribution in [3.05, 3.63) is 27.3 Å². The molecular formula is C8H9FIN3. The third kappa shape index (κ3) is 2.36. The summed E-state index contributed by atoms with van der Waals surface area (Å²) < 4.78 is 13.3. The molecule has 3 nitrogen and oxygen atoms in total. The first-order valence-electron chi connectivity index (χ1n) is 3.59. The average Bonchev–Trinajstić information content (AvgIpc) is 2.08. The molecule has 1 heterocycles. The highest BCUT2D eigenvalue weighted by atomic mass is 127. The van der Waals surface area contributed by atoms with Gasteiger partial charge in [0.15, 0.2) is 5.82 Å². The standard InChI is InChI=1S/C8H9FIN3/c1-13(2)8(11)7-3-6(10)5(9)4-12-7/h3-4,11H,1-2H3. The zero-order valence-corrected chi connectivity index (χ0v) is 9.46. The summed E-state index contributed by atoms with van der Waals surface area (Å²) in [6, 6.07) is 1.55. The Morgan fingerprint density at radius 3 is 2.69 bits per heavy atom. The number of halogens is 2. The molecule has 0 unspecified atom stereocenters. The molecule has 0 fully saturated rings. The van der Waals surface area contributed by atoms with Crippen LogP contribution in [-0.4, -0.2) is 29.8 Å². The molecule has 0 aromatic carbocycles. The molecule has 5 heteroatoms. The van der Waals surface area contributed by atoms with Gasteiger partial charge < -0.3 is 4.90 Å². The first-order chi connectivity index (χ1) is 6.02. The third-order valence-electron chi connectivity index (χ3n) is 1.50. The molecule has 0 atom stereocenters. The van der Waals surface area contributed by atoms with Crippen molar-refractivity contribution in [1.82, 2.24) is 9.88 Å². The lowest BCUT2D eigenvalue weighted by Crippen LogP contribution is -2.23. The smallest absolute Gasteiger partial charge is 0.154 e. The van der Waals surface area contributed by atoms with Gasteiger partial charge in [-0.3, -0.25) is 5.41 Å². The fraction of sp³-hybridized carbons (Fsp3) is 0.250. The number of pyridine rings is 1. The lowest BCUT2D eigenvalue weighted by atomic mass is 10.3. The van der Waals surface area contributed by atoms with Crippen LogP contribution in [0.2, 0.25) is 0 Å². The molecule has 0 saturated heterocycles. The quantitative estimate of drug-likeness (QED) is 0.486. The second kappa shape index (κ2) is 3.99. The van der Waals surface area contributed by atoms with Crippen molar-refractivity contribution in [2.75, 3.05) is 14.1 Å². The van der Waals surface area contributed by atoms with Gasteiger partial charge in [0, 0.05) is 14.1 Å². The van der Waals surface area contributed by atoms with E-state index in [1.54, 1.807) is 25.1 Å². The molecule has 1 aromatic heterocycles. The van der Waals surface area contributed by atoms with E-state index in [9.17, 15) is 4.39 Å². The predicted molar refractivity (Wildman–Crippen MR) is 57.4 cm³/mol. The van der Waals surface area contributed by atoms with Crippen LogP contribution in [-0.2, 0) is 0 Å². The maximum Gasteiger partial charge on any atom is 0.154 e. The number of aromatic nitrogens is 1. The van der Waals surface area contributed by atoms with Crippen LogP contribution < -0.4 is 0 Å². The Kier molecular flexibility index (Phi) is 3.18. The molecule has 0 bridgehead atoms. The number of rotatable bonds is 1. The highest BCUT2D eigenvalue weighted by molar-refractivity contribution is 14.1. The fourth-order valence-electron chi connectivity index (χ4n) is 0.773. The number of amidine groups is 1. The van der Waals surface area contributed by atoms with Crippen molar-refractivity contribution >= 4 is 28.4 Å². The molecule has 0 radical (unpaired) electrons. The van der Waals surface area contributed by atoms with Crippen molar-refractivity contribution < 1.29 is 4.39 Å². The number of nitrogens with one attached hydrogen (secondary N) is 1. The molecule has 1 rings (SSSR count). The van der Waals surface area contributed by atoms with Crippen LogP contribution in [0, 0.1) is 14.8 Å². The van der Waals surface area contributed by atoms with Crippen LogP contribution in [0.1, 0.15) is 5.69 Å². The number of hydrogen-bond acceptors (Lipinski definition) is 2. The Morgan fingerprint density at radius 2 is 2.23 bits per heavy atom. The van der Waals surface area contributed by atoms with Crippen molar-refractivity contribution in [1.29, 1.82) is 5.41 Å². The zero-order valence-electron chi connectivity index (χ0n) is 7.31. The average molecular weight is 293 g/mol. The molecule has 0 aliphatic carbocycles. The molecule has 0 aliphatic rings. The number of nitrogens with zero attached hydrogens (tertiary/aromatic N) is 2. The van der Waals surface area contributed by atoms with E-state index in [1.165, 1.54) is 0 Å². The van der Waals surface area contributed by atoms with E-state index >= 15 is 0 Å². The Hall–Kier alpha value is -0.720.